The Morgan fingerprint density at radius 1 is 1.69 bits per heavy atom. The molecule has 1 aromatic heterocycles. The zero-order valence-electron chi connectivity index (χ0n) is 7.49. The fraction of sp³-hybridized carbons (Fsp3) is 0.333. The van der Waals surface area contributed by atoms with Crippen LogP contribution in [0, 0.1) is 0 Å². The van der Waals surface area contributed by atoms with Crippen molar-refractivity contribution in [1.82, 2.24) is 4.98 Å². The number of carbonyl (C=O) groups excluding carboxylic acids is 1. The summed E-state index contributed by atoms with van der Waals surface area (Å²) in [6.45, 7) is 0.393. The fourth-order valence-corrected chi connectivity index (χ4v) is 0.912. The van der Waals surface area contributed by atoms with Crippen molar-refractivity contribution in [3.8, 4) is 5.75 Å². The Bertz CT molecular complexity index is 276. The molecule has 0 aromatic carbocycles. The second-order valence-electron chi connectivity index (χ2n) is 2.40. The lowest BCUT2D eigenvalue weighted by Gasteiger charge is -2.07. The van der Waals surface area contributed by atoms with Gasteiger partial charge in [0.1, 0.15) is 6.29 Å². The molecule has 1 N–H and O–H groups in total. The molecule has 0 bridgehead atoms. The quantitative estimate of drug-likeness (QED) is 0.544. The molecule has 0 fully saturated rings. The van der Waals surface area contributed by atoms with Crippen LogP contribution in [0.25, 0.3) is 0 Å². The van der Waals surface area contributed by atoms with Gasteiger partial charge in [-0.2, -0.15) is 0 Å². The van der Waals surface area contributed by atoms with Crippen molar-refractivity contribution >= 4 is 12.1 Å². The summed E-state index contributed by atoms with van der Waals surface area (Å²) in [5.74, 6) is 1.36. The maximum Gasteiger partial charge on any atom is 0.168 e. The molecule has 1 aromatic rings. The van der Waals surface area contributed by atoms with E-state index in [-0.39, 0.29) is 0 Å². The van der Waals surface area contributed by atoms with E-state index in [0.717, 1.165) is 6.29 Å². The maximum atomic E-state index is 10.0. The predicted molar refractivity (Wildman–Crippen MR) is 50.0 cm³/mol. The number of hydrogen-bond donors (Lipinski definition) is 1. The lowest BCUT2D eigenvalue weighted by molar-refractivity contribution is -0.108. The molecule has 0 aliphatic rings. The van der Waals surface area contributed by atoms with Gasteiger partial charge in [0.2, 0.25) is 0 Å². The van der Waals surface area contributed by atoms with Crippen LogP contribution < -0.4 is 10.1 Å². The van der Waals surface area contributed by atoms with Gasteiger partial charge in [-0.1, -0.05) is 0 Å². The van der Waals surface area contributed by atoms with Crippen LogP contribution in [-0.4, -0.2) is 24.9 Å². The van der Waals surface area contributed by atoms with Crippen LogP contribution in [0.5, 0.6) is 5.75 Å². The first kappa shape index (κ1) is 9.51. The maximum absolute atomic E-state index is 10.0. The summed E-state index contributed by atoms with van der Waals surface area (Å²) >= 11 is 0. The zero-order valence-corrected chi connectivity index (χ0v) is 7.49. The van der Waals surface area contributed by atoms with Crippen LogP contribution in [0.1, 0.15) is 6.42 Å². The molecule has 4 nitrogen and oxygen atoms in total. The zero-order chi connectivity index (χ0) is 9.52. The lowest BCUT2D eigenvalue weighted by Crippen LogP contribution is -2.01. The minimum Gasteiger partial charge on any atom is -0.489 e. The summed E-state index contributed by atoms with van der Waals surface area (Å²) in [6.07, 6.45) is 2.91. The highest BCUT2D eigenvalue weighted by Crippen LogP contribution is 2.19. The molecule has 0 amide bonds. The van der Waals surface area contributed by atoms with E-state index in [0.29, 0.717) is 24.6 Å². The van der Waals surface area contributed by atoms with Crippen molar-refractivity contribution in [1.29, 1.82) is 0 Å². The first-order valence-electron chi connectivity index (χ1n) is 4.07. The Morgan fingerprint density at radius 2 is 2.54 bits per heavy atom. The predicted octanol–water partition coefficient (Wildman–Crippen LogP) is 1.09. The molecule has 1 rings (SSSR count). The molecule has 0 radical (unpaired) electrons. The van der Waals surface area contributed by atoms with Crippen molar-refractivity contribution in [2.45, 2.75) is 6.42 Å². The molecular weight excluding hydrogens is 168 g/mol. The summed E-state index contributed by atoms with van der Waals surface area (Å²) in [4.78, 5) is 14.1. The normalized spacial score (nSPS) is 9.31. The highest BCUT2D eigenvalue weighted by atomic mass is 16.5. The summed E-state index contributed by atoms with van der Waals surface area (Å²) in [6, 6.07) is 3.60. The first-order valence-corrected chi connectivity index (χ1v) is 4.07. The molecule has 4 heteroatoms. The van der Waals surface area contributed by atoms with Gasteiger partial charge < -0.3 is 14.8 Å². The molecule has 13 heavy (non-hydrogen) atoms. The molecular formula is C9H12N2O2. The first-order chi connectivity index (χ1) is 6.38. The van der Waals surface area contributed by atoms with E-state index in [1.807, 2.05) is 6.07 Å². The summed E-state index contributed by atoms with van der Waals surface area (Å²) < 4.78 is 5.31. The summed E-state index contributed by atoms with van der Waals surface area (Å²) in [5, 5.41) is 2.90. The SMILES string of the molecule is CNc1ncccc1OCCC=O. The van der Waals surface area contributed by atoms with Crippen molar-refractivity contribution in [2.75, 3.05) is 19.0 Å². The highest BCUT2D eigenvalue weighted by molar-refractivity contribution is 5.51. The van der Waals surface area contributed by atoms with Gasteiger partial charge in [-0.15, -0.1) is 0 Å². The van der Waals surface area contributed by atoms with Gasteiger partial charge in [0.25, 0.3) is 0 Å². The topological polar surface area (TPSA) is 51.2 Å². The fourth-order valence-electron chi connectivity index (χ4n) is 0.912. The Hall–Kier alpha value is -1.58. The van der Waals surface area contributed by atoms with E-state index in [1.165, 1.54) is 0 Å². The molecule has 70 valence electrons. The Balaban J connectivity index is 2.58. The van der Waals surface area contributed by atoms with Crippen molar-refractivity contribution < 1.29 is 9.53 Å². The molecule has 0 saturated heterocycles. The molecule has 0 unspecified atom stereocenters. The van der Waals surface area contributed by atoms with Crippen LogP contribution in [-0.2, 0) is 4.79 Å². The Morgan fingerprint density at radius 3 is 3.23 bits per heavy atom. The molecule has 0 atom stereocenters. The third kappa shape index (κ3) is 2.74. The standard InChI is InChI=1S/C9H12N2O2/c1-10-9-8(4-2-5-11-9)13-7-3-6-12/h2,4-6H,3,7H2,1H3,(H,10,11). The second kappa shape index (κ2) is 5.13. The van der Waals surface area contributed by atoms with E-state index >= 15 is 0 Å². The monoisotopic (exact) mass is 180 g/mol. The largest absolute Gasteiger partial charge is 0.489 e. The second-order valence-corrected chi connectivity index (χ2v) is 2.40. The number of rotatable bonds is 5. The number of aldehydes is 1. The van der Waals surface area contributed by atoms with Gasteiger partial charge in [0.15, 0.2) is 11.6 Å². The molecule has 0 spiro atoms. The molecule has 0 saturated carbocycles. The smallest absolute Gasteiger partial charge is 0.168 e. The third-order valence-electron chi connectivity index (χ3n) is 1.50. The van der Waals surface area contributed by atoms with Gasteiger partial charge >= 0.3 is 0 Å². The average Bonchev–Trinajstić information content (AvgIpc) is 2.19. The number of nitrogens with zero attached hydrogens (tertiary/aromatic N) is 1. The van der Waals surface area contributed by atoms with Crippen LogP contribution in [0.2, 0.25) is 0 Å². The van der Waals surface area contributed by atoms with E-state index in [2.05, 4.69) is 10.3 Å². The van der Waals surface area contributed by atoms with Crippen LogP contribution in [0.15, 0.2) is 18.3 Å². The lowest BCUT2D eigenvalue weighted by atomic mass is 10.4. The number of pyridine rings is 1. The van der Waals surface area contributed by atoms with Gasteiger partial charge in [-0.25, -0.2) is 4.98 Å². The van der Waals surface area contributed by atoms with Crippen molar-refractivity contribution in [2.24, 2.45) is 0 Å². The number of ether oxygens (including phenoxy) is 1. The van der Waals surface area contributed by atoms with Crippen LogP contribution in [0.4, 0.5) is 5.82 Å². The number of aromatic nitrogens is 1. The van der Waals surface area contributed by atoms with Crippen molar-refractivity contribution in [3.05, 3.63) is 18.3 Å². The number of carbonyl (C=O) groups is 1. The van der Waals surface area contributed by atoms with Gasteiger partial charge in [0.05, 0.1) is 6.61 Å². The molecule has 0 aliphatic heterocycles. The van der Waals surface area contributed by atoms with Crippen LogP contribution in [0.3, 0.4) is 0 Å². The van der Waals surface area contributed by atoms with Gasteiger partial charge in [-0.3, -0.25) is 0 Å². The Kier molecular flexibility index (Phi) is 3.75. The third-order valence-corrected chi connectivity index (χ3v) is 1.50. The van der Waals surface area contributed by atoms with E-state index in [9.17, 15) is 4.79 Å². The average molecular weight is 180 g/mol. The molecule has 0 aliphatic carbocycles. The number of hydrogen-bond acceptors (Lipinski definition) is 4. The van der Waals surface area contributed by atoms with E-state index < -0.39 is 0 Å². The minimum atomic E-state index is 0.393. The van der Waals surface area contributed by atoms with Gasteiger partial charge in [0, 0.05) is 19.7 Å². The minimum absolute atomic E-state index is 0.393. The number of nitrogens with one attached hydrogen (secondary N) is 1. The van der Waals surface area contributed by atoms with Crippen molar-refractivity contribution in [3.63, 3.8) is 0 Å². The summed E-state index contributed by atoms with van der Waals surface area (Å²) in [7, 11) is 1.77. The van der Waals surface area contributed by atoms with E-state index in [1.54, 1.807) is 19.3 Å². The Labute approximate surface area is 76.9 Å². The number of anilines is 1. The summed E-state index contributed by atoms with van der Waals surface area (Å²) in [5.41, 5.74) is 0. The van der Waals surface area contributed by atoms with E-state index in [4.69, 9.17) is 4.74 Å². The van der Waals surface area contributed by atoms with Crippen LogP contribution >= 0.6 is 0 Å². The molecule has 1 heterocycles. The van der Waals surface area contributed by atoms with Gasteiger partial charge in [-0.05, 0) is 12.1 Å². The highest BCUT2D eigenvalue weighted by Gasteiger charge is 2.00.